The van der Waals surface area contributed by atoms with Gasteiger partial charge in [0.2, 0.25) is 0 Å². The fraction of sp³-hybridized carbons (Fsp3) is 0.571. The highest BCUT2D eigenvalue weighted by atomic mass is 79.9. The van der Waals surface area contributed by atoms with Crippen molar-refractivity contribution in [2.24, 2.45) is 5.92 Å². The molecule has 0 aliphatic rings. The van der Waals surface area contributed by atoms with Crippen LogP contribution < -0.4 is 0 Å². The molecule has 62 valence electrons. The van der Waals surface area contributed by atoms with E-state index < -0.39 is 0 Å². The molecule has 0 saturated heterocycles. The van der Waals surface area contributed by atoms with Crippen LogP contribution in [-0.4, -0.2) is 15.7 Å². The van der Waals surface area contributed by atoms with Gasteiger partial charge in [-0.2, -0.15) is 5.10 Å². The molecular formula is C7H10BrClN2. The van der Waals surface area contributed by atoms with Crippen molar-refractivity contribution in [3.05, 3.63) is 16.9 Å². The Bertz CT molecular complexity index is 224. The van der Waals surface area contributed by atoms with Crippen LogP contribution in [0.2, 0.25) is 0 Å². The van der Waals surface area contributed by atoms with Crippen LogP contribution in [0.3, 0.4) is 0 Å². The molecular weight excluding hydrogens is 227 g/mol. The summed E-state index contributed by atoms with van der Waals surface area (Å²) in [5.41, 5.74) is 0. The second-order valence-electron chi connectivity index (χ2n) is 2.64. The Kier molecular flexibility index (Phi) is 3.40. The second kappa shape index (κ2) is 4.12. The quantitative estimate of drug-likeness (QED) is 0.739. The smallest absolute Gasteiger partial charge is 0.0632 e. The zero-order valence-corrected chi connectivity index (χ0v) is 8.64. The summed E-state index contributed by atoms with van der Waals surface area (Å²) in [6, 6.07) is 0. The van der Waals surface area contributed by atoms with Gasteiger partial charge in [-0.1, -0.05) is 6.92 Å². The first-order valence-corrected chi connectivity index (χ1v) is 4.79. The molecule has 0 aliphatic carbocycles. The van der Waals surface area contributed by atoms with Crippen LogP contribution in [0.15, 0.2) is 16.9 Å². The third-order valence-electron chi connectivity index (χ3n) is 1.36. The second-order valence-corrected chi connectivity index (χ2v) is 3.86. The number of nitrogens with zero attached hydrogens (tertiary/aromatic N) is 2. The van der Waals surface area contributed by atoms with E-state index in [1.165, 1.54) is 0 Å². The summed E-state index contributed by atoms with van der Waals surface area (Å²) in [6.07, 6.45) is 3.73. The number of rotatable bonds is 3. The number of halogens is 2. The van der Waals surface area contributed by atoms with Crippen LogP contribution in [0.25, 0.3) is 0 Å². The molecule has 0 saturated carbocycles. The normalized spacial score (nSPS) is 13.4. The topological polar surface area (TPSA) is 17.8 Å². The third kappa shape index (κ3) is 2.83. The first-order valence-electron chi connectivity index (χ1n) is 3.46. The van der Waals surface area contributed by atoms with Crippen LogP contribution in [-0.2, 0) is 6.54 Å². The fourth-order valence-electron chi connectivity index (χ4n) is 0.806. The minimum atomic E-state index is 0.475. The maximum absolute atomic E-state index is 5.66. The van der Waals surface area contributed by atoms with Gasteiger partial charge in [0, 0.05) is 18.6 Å². The van der Waals surface area contributed by atoms with Gasteiger partial charge in [-0.3, -0.25) is 4.68 Å². The van der Waals surface area contributed by atoms with Crippen molar-refractivity contribution in [3.8, 4) is 0 Å². The Labute approximate surface area is 79.7 Å². The van der Waals surface area contributed by atoms with E-state index in [2.05, 4.69) is 28.0 Å². The van der Waals surface area contributed by atoms with E-state index in [1.807, 2.05) is 10.9 Å². The molecule has 0 fully saturated rings. The van der Waals surface area contributed by atoms with E-state index >= 15 is 0 Å². The molecule has 0 amide bonds. The number of aromatic nitrogens is 2. The average Bonchev–Trinajstić information content (AvgIpc) is 2.35. The van der Waals surface area contributed by atoms with Crippen LogP contribution in [0.1, 0.15) is 6.92 Å². The summed E-state index contributed by atoms with van der Waals surface area (Å²) in [5, 5.41) is 4.11. The number of hydrogen-bond donors (Lipinski definition) is 0. The number of alkyl halides is 1. The predicted molar refractivity (Wildman–Crippen MR) is 49.8 cm³/mol. The maximum Gasteiger partial charge on any atom is 0.0632 e. The van der Waals surface area contributed by atoms with Crippen LogP contribution in [0.4, 0.5) is 0 Å². The van der Waals surface area contributed by atoms with Crippen molar-refractivity contribution in [1.82, 2.24) is 9.78 Å². The third-order valence-corrected chi connectivity index (χ3v) is 2.30. The molecule has 0 bridgehead atoms. The van der Waals surface area contributed by atoms with E-state index in [-0.39, 0.29) is 0 Å². The van der Waals surface area contributed by atoms with Crippen LogP contribution >= 0.6 is 27.5 Å². The molecule has 1 rings (SSSR count). The SMILES string of the molecule is CC(CCl)Cn1cc(Br)cn1. The zero-order chi connectivity index (χ0) is 8.27. The van der Waals surface area contributed by atoms with E-state index in [1.54, 1.807) is 6.20 Å². The van der Waals surface area contributed by atoms with Gasteiger partial charge in [0.25, 0.3) is 0 Å². The molecule has 0 aromatic carbocycles. The lowest BCUT2D eigenvalue weighted by Crippen LogP contribution is -2.08. The highest BCUT2D eigenvalue weighted by Gasteiger charge is 2.01. The average molecular weight is 238 g/mol. The van der Waals surface area contributed by atoms with Crippen LogP contribution in [0, 0.1) is 5.92 Å². The molecule has 1 aromatic rings. The van der Waals surface area contributed by atoms with Gasteiger partial charge in [-0.15, -0.1) is 11.6 Å². The highest BCUT2D eigenvalue weighted by molar-refractivity contribution is 9.10. The summed E-state index contributed by atoms with van der Waals surface area (Å²) in [5.74, 6) is 1.15. The fourth-order valence-corrected chi connectivity index (χ4v) is 1.23. The number of hydrogen-bond acceptors (Lipinski definition) is 1. The van der Waals surface area contributed by atoms with Crippen molar-refractivity contribution in [2.45, 2.75) is 13.5 Å². The monoisotopic (exact) mass is 236 g/mol. The van der Waals surface area contributed by atoms with Gasteiger partial charge in [-0.05, 0) is 21.8 Å². The molecule has 0 N–H and O–H groups in total. The molecule has 2 nitrogen and oxygen atoms in total. The molecule has 1 atom stereocenters. The lowest BCUT2D eigenvalue weighted by Gasteiger charge is -2.05. The van der Waals surface area contributed by atoms with Crippen LogP contribution in [0.5, 0.6) is 0 Å². The van der Waals surface area contributed by atoms with E-state index in [9.17, 15) is 0 Å². The molecule has 0 aliphatic heterocycles. The van der Waals surface area contributed by atoms with Gasteiger partial charge in [0.05, 0.1) is 10.7 Å². The van der Waals surface area contributed by atoms with Gasteiger partial charge in [0.1, 0.15) is 0 Å². The van der Waals surface area contributed by atoms with E-state index in [4.69, 9.17) is 11.6 Å². The van der Waals surface area contributed by atoms with Gasteiger partial charge < -0.3 is 0 Å². The van der Waals surface area contributed by atoms with Crippen molar-refractivity contribution < 1.29 is 0 Å². The predicted octanol–water partition coefficient (Wildman–Crippen LogP) is 2.52. The Morgan fingerprint density at radius 1 is 1.82 bits per heavy atom. The van der Waals surface area contributed by atoms with Crippen molar-refractivity contribution in [1.29, 1.82) is 0 Å². The summed E-state index contributed by atoms with van der Waals surface area (Å²) in [6.45, 7) is 2.98. The summed E-state index contributed by atoms with van der Waals surface area (Å²) >= 11 is 8.98. The van der Waals surface area contributed by atoms with Gasteiger partial charge >= 0.3 is 0 Å². The highest BCUT2D eigenvalue weighted by Crippen LogP contribution is 2.08. The molecule has 0 radical (unpaired) electrons. The van der Waals surface area contributed by atoms with Crippen molar-refractivity contribution >= 4 is 27.5 Å². The molecule has 4 heteroatoms. The Morgan fingerprint density at radius 3 is 3.00 bits per heavy atom. The Morgan fingerprint density at radius 2 is 2.55 bits per heavy atom. The summed E-state index contributed by atoms with van der Waals surface area (Å²) < 4.78 is 2.90. The minimum Gasteiger partial charge on any atom is -0.271 e. The van der Waals surface area contributed by atoms with E-state index in [0.29, 0.717) is 11.8 Å². The summed E-state index contributed by atoms with van der Waals surface area (Å²) in [7, 11) is 0. The molecule has 0 spiro atoms. The maximum atomic E-state index is 5.66. The minimum absolute atomic E-state index is 0.475. The lowest BCUT2D eigenvalue weighted by atomic mass is 10.2. The van der Waals surface area contributed by atoms with Crippen molar-refractivity contribution in [2.75, 3.05) is 5.88 Å². The van der Waals surface area contributed by atoms with Crippen molar-refractivity contribution in [3.63, 3.8) is 0 Å². The molecule has 1 unspecified atom stereocenters. The first kappa shape index (κ1) is 9.07. The molecule has 1 aromatic heterocycles. The van der Waals surface area contributed by atoms with Gasteiger partial charge in [-0.25, -0.2) is 0 Å². The first-order chi connectivity index (χ1) is 5.22. The largest absolute Gasteiger partial charge is 0.271 e. The summed E-state index contributed by atoms with van der Waals surface area (Å²) in [4.78, 5) is 0. The molecule has 1 heterocycles. The zero-order valence-electron chi connectivity index (χ0n) is 6.30. The molecule has 11 heavy (non-hydrogen) atoms. The Hall–Kier alpha value is -0.0200. The standard InChI is InChI=1S/C7H10BrClN2/c1-6(2-9)4-11-5-7(8)3-10-11/h3,5-6H,2,4H2,1H3. The van der Waals surface area contributed by atoms with E-state index in [0.717, 1.165) is 11.0 Å². The van der Waals surface area contributed by atoms with Gasteiger partial charge in [0.15, 0.2) is 0 Å². The lowest BCUT2D eigenvalue weighted by molar-refractivity contribution is 0.487. The Balaban J connectivity index is 2.50.